The zero-order valence-corrected chi connectivity index (χ0v) is 19.3. The van der Waals surface area contributed by atoms with Gasteiger partial charge in [-0.3, -0.25) is 4.98 Å². The summed E-state index contributed by atoms with van der Waals surface area (Å²) in [6.07, 6.45) is 1.79. The van der Waals surface area contributed by atoms with Crippen LogP contribution in [-0.2, 0) is 6.42 Å². The van der Waals surface area contributed by atoms with Crippen LogP contribution in [0.25, 0.3) is 44.3 Å². The monoisotopic (exact) mass is 451 g/mol. The van der Waals surface area contributed by atoms with E-state index in [-0.39, 0.29) is 33.7 Å². The molecule has 2 heterocycles. The Kier molecular flexibility index (Phi) is 3.62. The van der Waals surface area contributed by atoms with E-state index in [1.165, 1.54) is 12.3 Å². The number of pyridine rings is 1. The fourth-order valence-electron chi connectivity index (χ4n) is 4.36. The molecule has 3 aromatic carbocycles. The van der Waals surface area contributed by atoms with Gasteiger partial charge in [-0.25, -0.2) is 0 Å². The topological polar surface area (TPSA) is 49.8 Å². The summed E-state index contributed by atoms with van der Waals surface area (Å²) in [6, 6.07) is 17.4. The average molecular weight is 452 g/mol. The SMILES string of the molecule is [2H]c1cc(CC(C)(C)C)cc(C([2H])([2H])[2H])c1-c1cc(-c2cccc3c2oc2cc(C#N)ccc23)ncc1C([2H])([2H])[2H]. The second-order valence-corrected chi connectivity index (χ2v) is 9.76. The van der Waals surface area contributed by atoms with Gasteiger partial charge in [0, 0.05) is 30.8 Å². The number of furan rings is 1. The Morgan fingerprint density at radius 1 is 0.971 bits per heavy atom. The third-order valence-corrected chi connectivity index (χ3v) is 5.81. The first-order valence-electron chi connectivity index (χ1n) is 14.6. The van der Waals surface area contributed by atoms with Gasteiger partial charge in [0.05, 0.1) is 18.7 Å². The van der Waals surface area contributed by atoms with Crippen LogP contribution in [0.3, 0.4) is 0 Å². The molecule has 0 saturated heterocycles. The first-order chi connectivity index (χ1) is 19.1. The van der Waals surface area contributed by atoms with Gasteiger partial charge in [0.15, 0.2) is 0 Å². The molecule has 34 heavy (non-hydrogen) atoms. The maximum atomic E-state index is 9.31. The Hall–Kier alpha value is -3.90. The molecule has 0 aliphatic rings. The van der Waals surface area contributed by atoms with Gasteiger partial charge in [-0.05, 0) is 83.7 Å². The maximum Gasteiger partial charge on any atom is 0.144 e. The fourth-order valence-corrected chi connectivity index (χ4v) is 4.36. The van der Waals surface area contributed by atoms with Gasteiger partial charge in [-0.15, -0.1) is 0 Å². The summed E-state index contributed by atoms with van der Waals surface area (Å²) in [7, 11) is 0. The molecule has 0 spiro atoms. The van der Waals surface area contributed by atoms with E-state index in [0.717, 1.165) is 10.8 Å². The van der Waals surface area contributed by atoms with Gasteiger partial charge >= 0.3 is 0 Å². The van der Waals surface area contributed by atoms with E-state index in [1.54, 1.807) is 30.3 Å². The number of aromatic nitrogens is 1. The quantitative estimate of drug-likeness (QED) is 0.277. The van der Waals surface area contributed by atoms with Crippen LogP contribution in [0.5, 0.6) is 0 Å². The van der Waals surface area contributed by atoms with Crippen LogP contribution >= 0.6 is 0 Å². The Bertz CT molecular complexity index is 1850. The highest BCUT2D eigenvalue weighted by molar-refractivity contribution is 6.09. The first kappa shape index (κ1) is 15.1. The van der Waals surface area contributed by atoms with Crippen molar-refractivity contribution in [1.82, 2.24) is 4.98 Å². The number of aryl methyl sites for hydroxylation is 2. The Labute approximate surface area is 210 Å². The minimum Gasteiger partial charge on any atom is -0.455 e. The molecule has 168 valence electrons. The minimum absolute atomic E-state index is 0.0490. The Morgan fingerprint density at radius 3 is 2.59 bits per heavy atom. The summed E-state index contributed by atoms with van der Waals surface area (Å²) >= 11 is 0. The molecule has 5 rings (SSSR count). The lowest BCUT2D eigenvalue weighted by molar-refractivity contribution is 0.411. The van der Waals surface area contributed by atoms with Gasteiger partial charge in [-0.1, -0.05) is 51.1 Å². The number of rotatable bonds is 3. The lowest BCUT2D eigenvalue weighted by Crippen LogP contribution is -2.09. The highest BCUT2D eigenvalue weighted by atomic mass is 16.3. The third-order valence-electron chi connectivity index (χ3n) is 5.81. The number of nitriles is 1. The summed E-state index contributed by atoms with van der Waals surface area (Å²) < 4.78 is 64.5. The molecule has 0 aliphatic heterocycles. The van der Waals surface area contributed by atoms with Crippen LogP contribution in [-0.4, -0.2) is 4.98 Å². The molecule has 2 aromatic heterocycles. The van der Waals surface area contributed by atoms with Gasteiger partial charge in [0.25, 0.3) is 0 Å². The van der Waals surface area contributed by atoms with Crippen LogP contribution in [0.15, 0.2) is 71.3 Å². The zero-order valence-electron chi connectivity index (χ0n) is 26.3. The molecule has 0 unspecified atom stereocenters. The number of benzene rings is 3. The van der Waals surface area contributed by atoms with E-state index in [2.05, 4.69) is 11.1 Å². The van der Waals surface area contributed by atoms with Crippen LogP contribution in [0.4, 0.5) is 0 Å². The van der Waals surface area contributed by atoms with Crippen molar-refractivity contribution in [2.75, 3.05) is 0 Å². The molecule has 0 aliphatic carbocycles. The lowest BCUT2D eigenvalue weighted by atomic mass is 9.86. The van der Waals surface area contributed by atoms with Crippen molar-refractivity contribution < 1.29 is 14.0 Å². The second kappa shape index (κ2) is 8.15. The highest BCUT2D eigenvalue weighted by Gasteiger charge is 2.16. The van der Waals surface area contributed by atoms with Crippen molar-refractivity contribution in [3.05, 3.63) is 89.1 Å². The molecule has 0 fully saturated rings. The van der Waals surface area contributed by atoms with E-state index >= 15 is 0 Å². The third kappa shape index (κ3) is 3.97. The normalized spacial score (nSPS) is 15.5. The average Bonchev–Trinajstić information content (AvgIpc) is 3.24. The first-order valence-corrected chi connectivity index (χ1v) is 11.1. The van der Waals surface area contributed by atoms with E-state index in [4.69, 9.17) is 14.0 Å². The van der Waals surface area contributed by atoms with Crippen LogP contribution in [0, 0.1) is 30.4 Å². The van der Waals surface area contributed by atoms with Crippen molar-refractivity contribution in [3.8, 4) is 28.5 Å². The zero-order chi connectivity index (χ0) is 29.9. The number of hydrogen-bond donors (Lipinski definition) is 0. The molecule has 0 saturated carbocycles. The number of fused-ring (bicyclic) bond motifs is 3. The van der Waals surface area contributed by atoms with Crippen molar-refractivity contribution >= 4 is 21.9 Å². The predicted octanol–water partition coefficient (Wildman–Crippen LogP) is 8.39. The summed E-state index contributed by atoms with van der Waals surface area (Å²) in [6.45, 7) is 0.887. The van der Waals surface area contributed by atoms with Crippen LogP contribution in [0.1, 0.15) is 52.6 Å². The summed E-state index contributed by atoms with van der Waals surface area (Å²) in [5.74, 6) is 0. The lowest BCUT2D eigenvalue weighted by Gasteiger charge is -2.19. The molecule has 3 heteroatoms. The van der Waals surface area contributed by atoms with Crippen molar-refractivity contribution in [2.24, 2.45) is 5.41 Å². The van der Waals surface area contributed by atoms with E-state index in [9.17, 15) is 5.26 Å². The van der Waals surface area contributed by atoms with E-state index < -0.39 is 13.7 Å². The molecule has 0 radical (unpaired) electrons. The summed E-state index contributed by atoms with van der Waals surface area (Å²) in [4.78, 5) is 4.47. The number of nitrogens with zero attached hydrogens (tertiary/aromatic N) is 2. The standard InChI is InChI=1S/C31H28N2O/c1-19-13-21(16-31(3,4)5)9-11-23(19)27-15-28(33-18-20(27)2)26-8-6-7-25-24-12-10-22(17-32)14-29(24)34-30(25)26/h6-15,18H,16H2,1-5H3/i1D3,2D3,11D. The van der Waals surface area contributed by atoms with Crippen molar-refractivity contribution in [3.63, 3.8) is 0 Å². The van der Waals surface area contributed by atoms with Gasteiger partial charge in [0.1, 0.15) is 11.2 Å². The van der Waals surface area contributed by atoms with Crippen molar-refractivity contribution in [1.29, 1.82) is 5.26 Å². The number of hydrogen-bond acceptors (Lipinski definition) is 3. The Morgan fingerprint density at radius 2 is 1.82 bits per heavy atom. The molecular formula is C31H28N2O. The van der Waals surface area contributed by atoms with Crippen molar-refractivity contribution in [2.45, 2.75) is 40.9 Å². The van der Waals surface area contributed by atoms with Crippen LogP contribution in [0.2, 0.25) is 0 Å². The smallest absolute Gasteiger partial charge is 0.144 e. The molecule has 5 aromatic rings. The number of para-hydroxylation sites is 1. The Balaban J connectivity index is 1.80. The maximum absolute atomic E-state index is 9.31. The molecule has 0 atom stereocenters. The van der Waals surface area contributed by atoms with Gasteiger partial charge in [0.2, 0.25) is 0 Å². The second-order valence-electron chi connectivity index (χ2n) is 9.76. The van der Waals surface area contributed by atoms with Gasteiger partial charge < -0.3 is 4.42 Å². The molecular weight excluding hydrogens is 416 g/mol. The minimum atomic E-state index is -2.61. The summed E-state index contributed by atoms with van der Waals surface area (Å²) in [5, 5.41) is 10.9. The molecule has 3 nitrogen and oxygen atoms in total. The molecule has 0 N–H and O–H groups in total. The molecule has 0 bridgehead atoms. The largest absolute Gasteiger partial charge is 0.455 e. The fraction of sp³-hybridized carbons (Fsp3) is 0.226. The molecule has 0 amide bonds. The van der Waals surface area contributed by atoms with E-state index in [1.807, 2.05) is 39.0 Å². The predicted molar refractivity (Wildman–Crippen MR) is 140 cm³/mol. The highest BCUT2D eigenvalue weighted by Crippen LogP contribution is 2.37. The summed E-state index contributed by atoms with van der Waals surface area (Å²) in [5.41, 5.74) is 2.93. The van der Waals surface area contributed by atoms with Crippen LogP contribution < -0.4 is 0 Å². The van der Waals surface area contributed by atoms with E-state index in [0.29, 0.717) is 40.0 Å². The van der Waals surface area contributed by atoms with Gasteiger partial charge in [-0.2, -0.15) is 5.26 Å².